The van der Waals surface area contributed by atoms with Crippen LogP contribution < -0.4 is 15.4 Å². The Balaban J connectivity index is 2.33. The lowest BCUT2D eigenvalue weighted by Crippen LogP contribution is -2.42. The van der Waals surface area contributed by atoms with Crippen molar-refractivity contribution in [1.29, 1.82) is 0 Å². The summed E-state index contributed by atoms with van der Waals surface area (Å²) >= 11 is 0. The van der Waals surface area contributed by atoms with E-state index in [9.17, 15) is 0 Å². The lowest BCUT2D eigenvalue weighted by atomic mass is 10.2. The molecule has 0 aromatic carbocycles. The van der Waals surface area contributed by atoms with Gasteiger partial charge in [-0.2, -0.15) is 0 Å². The number of hydrogen-bond acceptors (Lipinski definition) is 4. The Morgan fingerprint density at radius 3 is 2.62 bits per heavy atom. The SMILES string of the molecule is CCCOc1ccc(CNC(=NC)NC(C)CCCN(CC)CC)cn1. The van der Waals surface area contributed by atoms with Crippen LogP contribution in [0.15, 0.2) is 23.3 Å². The van der Waals surface area contributed by atoms with Crippen LogP contribution in [-0.2, 0) is 6.54 Å². The average molecular weight is 364 g/mol. The zero-order valence-electron chi connectivity index (χ0n) is 17.2. The van der Waals surface area contributed by atoms with Crippen LogP contribution in [0.5, 0.6) is 5.88 Å². The molecule has 1 rings (SSSR count). The van der Waals surface area contributed by atoms with E-state index in [2.05, 4.69) is 53.2 Å². The topological polar surface area (TPSA) is 61.8 Å². The maximum atomic E-state index is 5.51. The molecule has 2 N–H and O–H groups in total. The molecule has 1 aromatic rings. The number of pyridine rings is 1. The molecule has 148 valence electrons. The third-order valence-corrected chi connectivity index (χ3v) is 4.32. The second-order valence-corrected chi connectivity index (χ2v) is 6.49. The van der Waals surface area contributed by atoms with Crippen LogP contribution >= 0.6 is 0 Å². The van der Waals surface area contributed by atoms with Crippen molar-refractivity contribution in [2.24, 2.45) is 4.99 Å². The number of aromatic nitrogens is 1. The fraction of sp³-hybridized carbons (Fsp3) is 0.700. The van der Waals surface area contributed by atoms with Crippen molar-refractivity contribution < 1.29 is 4.74 Å². The molecule has 1 heterocycles. The van der Waals surface area contributed by atoms with Gasteiger partial charge in [-0.05, 0) is 51.4 Å². The molecular weight excluding hydrogens is 326 g/mol. The average Bonchev–Trinajstić information content (AvgIpc) is 2.67. The summed E-state index contributed by atoms with van der Waals surface area (Å²) in [5.41, 5.74) is 1.10. The highest BCUT2D eigenvalue weighted by Crippen LogP contribution is 2.07. The third-order valence-electron chi connectivity index (χ3n) is 4.32. The van der Waals surface area contributed by atoms with Crippen LogP contribution in [0.1, 0.15) is 52.5 Å². The maximum Gasteiger partial charge on any atom is 0.213 e. The molecule has 1 unspecified atom stereocenters. The van der Waals surface area contributed by atoms with E-state index in [0.29, 0.717) is 25.1 Å². The Bertz CT molecular complexity index is 499. The molecule has 1 atom stereocenters. The Morgan fingerprint density at radius 1 is 1.27 bits per heavy atom. The van der Waals surface area contributed by atoms with Crippen molar-refractivity contribution in [3.8, 4) is 5.88 Å². The molecule has 0 fully saturated rings. The number of guanidine groups is 1. The van der Waals surface area contributed by atoms with Gasteiger partial charge in [0.15, 0.2) is 5.96 Å². The molecule has 0 radical (unpaired) electrons. The number of nitrogens with one attached hydrogen (secondary N) is 2. The largest absolute Gasteiger partial charge is 0.478 e. The third kappa shape index (κ3) is 9.04. The smallest absolute Gasteiger partial charge is 0.213 e. The van der Waals surface area contributed by atoms with Crippen molar-refractivity contribution >= 4 is 5.96 Å². The molecule has 6 nitrogen and oxygen atoms in total. The lowest BCUT2D eigenvalue weighted by molar-refractivity contribution is 0.292. The van der Waals surface area contributed by atoms with Gasteiger partial charge in [0, 0.05) is 31.9 Å². The first-order valence-corrected chi connectivity index (χ1v) is 9.90. The van der Waals surface area contributed by atoms with E-state index in [-0.39, 0.29) is 0 Å². The van der Waals surface area contributed by atoms with Crippen LogP contribution in [0.2, 0.25) is 0 Å². The zero-order valence-corrected chi connectivity index (χ0v) is 17.2. The second kappa shape index (κ2) is 13.4. The van der Waals surface area contributed by atoms with Gasteiger partial charge in [-0.1, -0.05) is 26.8 Å². The van der Waals surface area contributed by atoms with Crippen LogP contribution in [-0.4, -0.2) is 55.2 Å². The Morgan fingerprint density at radius 2 is 2.04 bits per heavy atom. The zero-order chi connectivity index (χ0) is 19.2. The minimum absolute atomic E-state index is 0.389. The standard InChI is InChI=1S/C20H37N5O/c1-6-14-26-19-12-11-18(15-22-19)16-23-20(21-5)24-17(4)10-9-13-25(7-2)8-3/h11-12,15,17H,6-10,13-14,16H2,1-5H3,(H2,21,23,24). The Kier molecular flexibility index (Phi) is 11.4. The van der Waals surface area contributed by atoms with Gasteiger partial charge in [0.25, 0.3) is 0 Å². The summed E-state index contributed by atoms with van der Waals surface area (Å²) in [4.78, 5) is 11.1. The van der Waals surface area contributed by atoms with E-state index < -0.39 is 0 Å². The molecule has 0 aliphatic heterocycles. The van der Waals surface area contributed by atoms with Crippen LogP contribution in [0.25, 0.3) is 0 Å². The number of ether oxygens (including phenoxy) is 1. The van der Waals surface area contributed by atoms with Gasteiger partial charge in [0.1, 0.15) is 0 Å². The van der Waals surface area contributed by atoms with Gasteiger partial charge in [0.05, 0.1) is 6.61 Å². The highest BCUT2D eigenvalue weighted by atomic mass is 16.5. The molecule has 0 aliphatic rings. The molecule has 26 heavy (non-hydrogen) atoms. The van der Waals surface area contributed by atoms with Crippen molar-refractivity contribution in [3.05, 3.63) is 23.9 Å². The molecule has 0 saturated carbocycles. The van der Waals surface area contributed by atoms with Crippen LogP contribution in [0.3, 0.4) is 0 Å². The summed E-state index contributed by atoms with van der Waals surface area (Å²) in [5, 5.41) is 6.81. The van der Waals surface area contributed by atoms with Gasteiger partial charge in [-0.3, -0.25) is 4.99 Å². The maximum absolute atomic E-state index is 5.51. The summed E-state index contributed by atoms with van der Waals surface area (Å²) in [7, 11) is 1.80. The van der Waals surface area contributed by atoms with Gasteiger partial charge in [0.2, 0.25) is 5.88 Å². The molecule has 1 aromatic heterocycles. The van der Waals surface area contributed by atoms with E-state index in [1.54, 1.807) is 7.05 Å². The number of rotatable bonds is 12. The van der Waals surface area contributed by atoms with E-state index in [1.165, 1.54) is 6.42 Å². The second-order valence-electron chi connectivity index (χ2n) is 6.49. The summed E-state index contributed by atoms with van der Waals surface area (Å²) in [5.74, 6) is 1.51. The first kappa shape index (κ1) is 22.2. The normalized spacial score (nSPS) is 12.9. The molecular formula is C20H37N5O. The van der Waals surface area contributed by atoms with Crippen LogP contribution in [0.4, 0.5) is 0 Å². The van der Waals surface area contributed by atoms with Crippen molar-refractivity contribution in [3.63, 3.8) is 0 Å². The number of aliphatic imine (C=N–C) groups is 1. The molecule has 0 aliphatic carbocycles. The highest BCUT2D eigenvalue weighted by molar-refractivity contribution is 5.79. The van der Waals surface area contributed by atoms with Crippen LogP contribution in [0, 0.1) is 0 Å². The summed E-state index contributed by atoms with van der Waals surface area (Å²) in [6.07, 6.45) is 5.15. The van der Waals surface area contributed by atoms with Crippen molar-refractivity contribution in [2.45, 2.75) is 59.5 Å². The predicted octanol–water partition coefficient (Wildman–Crippen LogP) is 3.05. The lowest BCUT2D eigenvalue weighted by Gasteiger charge is -2.21. The minimum Gasteiger partial charge on any atom is -0.478 e. The van der Waals surface area contributed by atoms with E-state index in [0.717, 1.165) is 44.0 Å². The van der Waals surface area contributed by atoms with Gasteiger partial charge in [-0.25, -0.2) is 4.98 Å². The predicted molar refractivity (Wildman–Crippen MR) is 110 cm³/mol. The first-order valence-electron chi connectivity index (χ1n) is 9.90. The van der Waals surface area contributed by atoms with E-state index in [1.807, 2.05) is 18.3 Å². The van der Waals surface area contributed by atoms with Gasteiger partial charge < -0.3 is 20.3 Å². The monoisotopic (exact) mass is 363 g/mol. The van der Waals surface area contributed by atoms with Crippen molar-refractivity contribution in [1.82, 2.24) is 20.5 Å². The summed E-state index contributed by atoms with van der Waals surface area (Å²) in [6, 6.07) is 4.34. The Labute approximate surface area is 159 Å². The quantitative estimate of drug-likeness (QED) is 0.441. The molecule has 0 bridgehead atoms. The minimum atomic E-state index is 0.389. The van der Waals surface area contributed by atoms with Gasteiger partial charge >= 0.3 is 0 Å². The van der Waals surface area contributed by atoms with E-state index in [4.69, 9.17) is 4.74 Å². The molecule has 0 saturated heterocycles. The van der Waals surface area contributed by atoms with Gasteiger partial charge in [-0.15, -0.1) is 0 Å². The molecule has 0 amide bonds. The first-order chi connectivity index (χ1) is 12.6. The summed E-state index contributed by atoms with van der Waals surface area (Å²) < 4.78 is 5.51. The number of nitrogens with zero attached hydrogens (tertiary/aromatic N) is 3. The Hall–Kier alpha value is -1.82. The fourth-order valence-electron chi connectivity index (χ4n) is 2.65. The number of hydrogen-bond donors (Lipinski definition) is 2. The highest BCUT2D eigenvalue weighted by Gasteiger charge is 2.07. The summed E-state index contributed by atoms with van der Waals surface area (Å²) in [6.45, 7) is 13.5. The van der Waals surface area contributed by atoms with E-state index >= 15 is 0 Å². The fourth-order valence-corrected chi connectivity index (χ4v) is 2.65. The molecule has 6 heteroatoms. The van der Waals surface area contributed by atoms with Crippen molar-refractivity contribution in [2.75, 3.05) is 33.3 Å². The molecule has 0 spiro atoms.